The number of nitrogens with zero attached hydrogens (tertiary/aromatic N) is 2. The van der Waals surface area contributed by atoms with Crippen LogP contribution < -0.4 is 10.9 Å². The molecule has 0 saturated heterocycles. The third-order valence-electron chi connectivity index (χ3n) is 5.05. The normalized spacial score (nSPS) is 11.1. The van der Waals surface area contributed by atoms with Gasteiger partial charge in [-0.05, 0) is 43.5 Å². The quantitative estimate of drug-likeness (QED) is 0.331. The summed E-state index contributed by atoms with van der Waals surface area (Å²) in [6, 6.07) is 16.0. The number of aromatic nitrogens is 2. The highest BCUT2D eigenvalue weighted by molar-refractivity contribution is 7.99. The van der Waals surface area contributed by atoms with Crippen LogP contribution in [0.2, 0.25) is 0 Å². The van der Waals surface area contributed by atoms with Crippen LogP contribution in [0.5, 0.6) is 0 Å². The molecule has 31 heavy (non-hydrogen) atoms. The summed E-state index contributed by atoms with van der Waals surface area (Å²) in [5.41, 5.74) is 5.72. The lowest BCUT2D eigenvalue weighted by Crippen LogP contribution is -2.21. The van der Waals surface area contributed by atoms with Crippen LogP contribution in [0.1, 0.15) is 16.7 Å². The van der Waals surface area contributed by atoms with E-state index in [1.165, 1.54) is 33.2 Å². The summed E-state index contributed by atoms with van der Waals surface area (Å²) < 4.78 is 2.15. The number of hydrogen-bond donors (Lipinski definition) is 1. The van der Waals surface area contributed by atoms with Crippen molar-refractivity contribution in [2.45, 2.75) is 25.9 Å². The molecule has 2 heterocycles. The molecule has 0 spiro atoms. The van der Waals surface area contributed by atoms with E-state index in [0.717, 1.165) is 27.3 Å². The molecule has 0 fully saturated rings. The number of anilines is 1. The van der Waals surface area contributed by atoms with Crippen molar-refractivity contribution in [3.8, 4) is 10.4 Å². The molecule has 0 atom stereocenters. The number of amides is 1. The average molecular weight is 450 g/mol. The van der Waals surface area contributed by atoms with Gasteiger partial charge in [0.05, 0.1) is 11.3 Å². The molecule has 4 aromatic rings. The van der Waals surface area contributed by atoms with Crippen LogP contribution in [0, 0.1) is 20.8 Å². The van der Waals surface area contributed by atoms with Crippen LogP contribution in [-0.4, -0.2) is 21.2 Å². The fourth-order valence-corrected chi connectivity index (χ4v) is 5.44. The van der Waals surface area contributed by atoms with Crippen molar-refractivity contribution in [3.05, 3.63) is 75.6 Å². The van der Waals surface area contributed by atoms with E-state index in [-0.39, 0.29) is 17.2 Å². The zero-order valence-electron chi connectivity index (χ0n) is 17.9. The first kappa shape index (κ1) is 21.3. The molecule has 7 heteroatoms. The van der Waals surface area contributed by atoms with Gasteiger partial charge in [0.25, 0.3) is 5.56 Å². The maximum Gasteiger partial charge on any atom is 0.271 e. The zero-order chi connectivity index (χ0) is 22.1. The van der Waals surface area contributed by atoms with E-state index in [2.05, 4.69) is 22.4 Å². The molecule has 2 aromatic carbocycles. The number of hydrogen-bond acceptors (Lipinski definition) is 5. The summed E-state index contributed by atoms with van der Waals surface area (Å²) >= 11 is 2.71. The van der Waals surface area contributed by atoms with Gasteiger partial charge in [0.15, 0.2) is 5.16 Å². The first-order valence-electron chi connectivity index (χ1n) is 9.90. The third-order valence-corrected chi connectivity index (χ3v) is 7.24. The molecular weight excluding hydrogens is 426 g/mol. The smallest absolute Gasteiger partial charge is 0.271 e. The third kappa shape index (κ3) is 4.43. The Morgan fingerprint density at radius 1 is 1.10 bits per heavy atom. The Hall–Kier alpha value is -2.90. The summed E-state index contributed by atoms with van der Waals surface area (Å²) in [5.74, 6) is 0.0542. The maximum absolute atomic E-state index is 12.9. The van der Waals surface area contributed by atoms with Crippen LogP contribution in [0.25, 0.3) is 20.7 Å². The van der Waals surface area contributed by atoms with E-state index in [4.69, 9.17) is 0 Å². The van der Waals surface area contributed by atoms with Crippen molar-refractivity contribution in [2.24, 2.45) is 7.05 Å². The summed E-state index contributed by atoms with van der Waals surface area (Å²) in [6.45, 7) is 6.02. The number of thiophene rings is 1. The predicted molar refractivity (Wildman–Crippen MR) is 130 cm³/mol. The molecule has 0 radical (unpaired) electrons. The SMILES string of the molecule is Cc1cc(C)c(NC(=O)CSc2nc3cc(-c4ccccc4)sc3c(=O)n2C)c(C)c1. The van der Waals surface area contributed by atoms with Crippen molar-refractivity contribution >= 4 is 44.9 Å². The maximum atomic E-state index is 12.9. The molecule has 1 amide bonds. The van der Waals surface area contributed by atoms with Crippen LogP contribution in [0.4, 0.5) is 5.69 Å². The van der Waals surface area contributed by atoms with Crippen LogP contribution in [0.15, 0.2) is 58.5 Å². The molecule has 0 unspecified atom stereocenters. The van der Waals surface area contributed by atoms with Crippen molar-refractivity contribution < 1.29 is 4.79 Å². The number of rotatable bonds is 5. The van der Waals surface area contributed by atoms with Gasteiger partial charge in [0, 0.05) is 17.6 Å². The average Bonchev–Trinajstić information content (AvgIpc) is 3.17. The molecule has 0 aliphatic carbocycles. The largest absolute Gasteiger partial charge is 0.325 e. The molecule has 5 nitrogen and oxygen atoms in total. The van der Waals surface area contributed by atoms with E-state index < -0.39 is 0 Å². The van der Waals surface area contributed by atoms with Crippen LogP contribution in [-0.2, 0) is 11.8 Å². The topological polar surface area (TPSA) is 64.0 Å². The molecule has 0 aliphatic rings. The zero-order valence-corrected chi connectivity index (χ0v) is 19.5. The number of carbonyl (C=O) groups excluding carboxylic acids is 1. The second kappa shape index (κ2) is 8.69. The Morgan fingerprint density at radius 2 is 1.77 bits per heavy atom. The van der Waals surface area contributed by atoms with Crippen molar-refractivity contribution in [2.75, 3.05) is 11.1 Å². The van der Waals surface area contributed by atoms with Crippen LogP contribution >= 0.6 is 23.1 Å². The number of nitrogens with one attached hydrogen (secondary N) is 1. The van der Waals surface area contributed by atoms with Gasteiger partial charge in [0.1, 0.15) is 4.70 Å². The summed E-state index contributed by atoms with van der Waals surface area (Å²) in [7, 11) is 1.70. The first-order valence-corrected chi connectivity index (χ1v) is 11.7. The summed E-state index contributed by atoms with van der Waals surface area (Å²) in [6.07, 6.45) is 0. The Labute approximate surface area is 189 Å². The van der Waals surface area contributed by atoms with Gasteiger partial charge < -0.3 is 5.32 Å². The highest BCUT2D eigenvalue weighted by atomic mass is 32.2. The van der Waals surface area contributed by atoms with E-state index in [1.54, 1.807) is 7.05 Å². The summed E-state index contributed by atoms with van der Waals surface area (Å²) in [5, 5.41) is 3.53. The molecule has 1 N–H and O–H groups in total. The second-order valence-electron chi connectivity index (χ2n) is 7.56. The molecule has 4 rings (SSSR count). The lowest BCUT2D eigenvalue weighted by molar-refractivity contribution is -0.113. The van der Waals surface area contributed by atoms with E-state index in [0.29, 0.717) is 15.4 Å². The number of thioether (sulfide) groups is 1. The molecule has 0 aliphatic heterocycles. The van der Waals surface area contributed by atoms with Gasteiger partial charge in [0.2, 0.25) is 5.91 Å². The van der Waals surface area contributed by atoms with E-state index in [1.807, 2.05) is 57.2 Å². The fraction of sp³-hybridized carbons (Fsp3) is 0.208. The number of aryl methyl sites for hydroxylation is 3. The minimum Gasteiger partial charge on any atom is -0.325 e. The fourth-order valence-electron chi connectivity index (χ4n) is 3.59. The van der Waals surface area contributed by atoms with Gasteiger partial charge >= 0.3 is 0 Å². The van der Waals surface area contributed by atoms with Crippen LogP contribution in [0.3, 0.4) is 0 Å². The van der Waals surface area contributed by atoms with Gasteiger partial charge in [-0.15, -0.1) is 11.3 Å². The standard InChI is InChI=1S/C24H23N3O2S2/c1-14-10-15(2)21(16(3)11-14)26-20(28)13-30-24-25-18-12-19(17-8-6-5-7-9-17)31-22(18)23(29)27(24)4/h5-12H,13H2,1-4H3,(H,26,28). The lowest BCUT2D eigenvalue weighted by Gasteiger charge is -2.13. The molecule has 2 aromatic heterocycles. The minimum atomic E-state index is -0.121. The van der Waals surface area contributed by atoms with Crippen molar-refractivity contribution in [1.29, 1.82) is 0 Å². The van der Waals surface area contributed by atoms with Gasteiger partial charge in [-0.1, -0.05) is 59.8 Å². The predicted octanol–water partition coefficient (Wildman–Crippen LogP) is 5.32. The van der Waals surface area contributed by atoms with Gasteiger partial charge in [-0.2, -0.15) is 0 Å². The number of benzene rings is 2. The minimum absolute atomic E-state index is 0.0923. The van der Waals surface area contributed by atoms with E-state index in [9.17, 15) is 9.59 Å². The second-order valence-corrected chi connectivity index (χ2v) is 9.55. The van der Waals surface area contributed by atoms with Gasteiger partial charge in [-0.3, -0.25) is 14.2 Å². The number of carbonyl (C=O) groups is 1. The van der Waals surface area contributed by atoms with E-state index >= 15 is 0 Å². The Morgan fingerprint density at radius 3 is 2.45 bits per heavy atom. The number of fused-ring (bicyclic) bond motifs is 1. The highest BCUT2D eigenvalue weighted by Gasteiger charge is 2.15. The monoisotopic (exact) mass is 449 g/mol. The Balaban J connectivity index is 1.55. The first-order chi connectivity index (χ1) is 14.8. The highest BCUT2D eigenvalue weighted by Crippen LogP contribution is 2.32. The Kier molecular flexibility index (Phi) is 5.98. The van der Waals surface area contributed by atoms with Gasteiger partial charge in [-0.25, -0.2) is 4.98 Å². The molecule has 158 valence electrons. The molecular formula is C24H23N3O2S2. The lowest BCUT2D eigenvalue weighted by atomic mass is 10.1. The van der Waals surface area contributed by atoms with Crippen molar-refractivity contribution in [3.63, 3.8) is 0 Å². The van der Waals surface area contributed by atoms with Crippen molar-refractivity contribution in [1.82, 2.24) is 9.55 Å². The molecule has 0 bridgehead atoms. The molecule has 0 saturated carbocycles. The Bertz CT molecular complexity index is 1320. The summed E-state index contributed by atoms with van der Waals surface area (Å²) in [4.78, 5) is 31.1.